The molecule has 0 aliphatic heterocycles. The van der Waals surface area contributed by atoms with Gasteiger partial charge in [-0.1, -0.05) is 0 Å². The molecule has 0 bridgehead atoms. The van der Waals surface area contributed by atoms with Gasteiger partial charge in [0.2, 0.25) is 5.91 Å². The van der Waals surface area contributed by atoms with Crippen LogP contribution in [0.15, 0.2) is 12.3 Å². The summed E-state index contributed by atoms with van der Waals surface area (Å²) in [5.41, 5.74) is 0.948. The van der Waals surface area contributed by atoms with Gasteiger partial charge in [-0.15, -0.1) is 0 Å². The number of hydrogen-bond acceptors (Lipinski definition) is 4. The maximum absolute atomic E-state index is 10.8. The van der Waals surface area contributed by atoms with Crippen LogP contribution in [0.25, 0.3) is 0 Å². The van der Waals surface area contributed by atoms with Crippen LogP contribution in [0.2, 0.25) is 0 Å². The Bertz CT molecular complexity index is 408. The van der Waals surface area contributed by atoms with Crippen molar-refractivity contribution in [3.63, 3.8) is 0 Å². The predicted octanol–water partition coefficient (Wildman–Crippen LogP) is 1.34. The molecule has 5 heteroatoms. The monoisotopic (exact) mass is 204 g/mol. The van der Waals surface area contributed by atoms with Crippen molar-refractivity contribution in [2.75, 3.05) is 17.2 Å². The maximum atomic E-state index is 10.8. The predicted molar refractivity (Wildman–Crippen MR) is 57.4 cm³/mol. The highest BCUT2D eigenvalue weighted by Crippen LogP contribution is 2.16. The highest BCUT2D eigenvalue weighted by atomic mass is 16.1. The Morgan fingerprint density at radius 3 is 2.93 bits per heavy atom. The first-order valence-electron chi connectivity index (χ1n) is 4.59. The molecule has 78 valence electrons. The fourth-order valence-corrected chi connectivity index (χ4v) is 1.13. The quantitative estimate of drug-likeness (QED) is 0.778. The van der Waals surface area contributed by atoms with Gasteiger partial charge in [-0.3, -0.25) is 4.79 Å². The zero-order valence-electron chi connectivity index (χ0n) is 8.66. The van der Waals surface area contributed by atoms with Crippen molar-refractivity contribution < 1.29 is 4.79 Å². The number of carbonyl (C=O) groups excluding carboxylic acids is 1. The van der Waals surface area contributed by atoms with E-state index in [1.807, 2.05) is 13.0 Å². The number of anilines is 2. The van der Waals surface area contributed by atoms with Crippen LogP contribution in [-0.4, -0.2) is 17.4 Å². The topological polar surface area (TPSA) is 77.8 Å². The van der Waals surface area contributed by atoms with Gasteiger partial charge in [-0.25, -0.2) is 4.98 Å². The van der Waals surface area contributed by atoms with Gasteiger partial charge in [0.1, 0.15) is 11.9 Å². The second-order valence-electron chi connectivity index (χ2n) is 2.94. The number of hydrogen-bond donors (Lipinski definition) is 2. The van der Waals surface area contributed by atoms with Crippen molar-refractivity contribution in [1.82, 2.24) is 4.98 Å². The highest BCUT2D eigenvalue weighted by Gasteiger charge is 2.04. The summed E-state index contributed by atoms with van der Waals surface area (Å²) in [6.45, 7) is 4.02. The van der Waals surface area contributed by atoms with Crippen LogP contribution in [0, 0.1) is 11.3 Å². The molecule has 15 heavy (non-hydrogen) atoms. The zero-order chi connectivity index (χ0) is 11.3. The fourth-order valence-electron chi connectivity index (χ4n) is 1.13. The Labute approximate surface area is 88.1 Å². The molecule has 0 atom stereocenters. The van der Waals surface area contributed by atoms with E-state index in [-0.39, 0.29) is 5.91 Å². The Morgan fingerprint density at radius 2 is 2.40 bits per heavy atom. The van der Waals surface area contributed by atoms with E-state index in [2.05, 4.69) is 15.6 Å². The Kier molecular flexibility index (Phi) is 3.63. The molecular weight excluding hydrogens is 192 g/mol. The number of nitrogens with zero attached hydrogens (tertiary/aromatic N) is 2. The molecule has 1 aromatic rings. The minimum absolute atomic E-state index is 0.183. The minimum Gasteiger partial charge on any atom is -0.369 e. The standard InChI is InChI=1S/C10H12N4O/c1-3-12-10-8(5-11)4-9(6-13-10)14-7(2)15/h4,6H,3H2,1-2H3,(H,12,13)(H,14,15). The smallest absolute Gasteiger partial charge is 0.221 e. The van der Waals surface area contributed by atoms with E-state index in [4.69, 9.17) is 5.26 Å². The van der Waals surface area contributed by atoms with Crippen LogP contribution in [0.1, 0.15) is 19.4 Å². The average molecular weight is 204 g/mol. The Morgan fingerprint density at radius 1 is 1.67 bits per heavy atom. The van der Waals surface area contributed by atoms with Crippen LogP contribution < -0.4 is 10.6 Å². The molecule has 1 amide bonds. The van der Waals surface area contributed by atoms with Gasteiger partial charge in [-0.2, -0.15) is 5.26 Å². The molecule has 0 fully saturated rings. The third-order valence-corrected chi connectivity index (χ3v) is 1.67. The number of nitriles is 1. The lowest BCUT2D eigenvalue weighted by atomic mass is 10.2. The van der Waals surface area contributed by atoms with Gasteiger partial charge >= 0.3 is 0 Å². The average Bonchev–Trinajstić information content (AvgIpc) is 2.20. The molecule has 5 nitrogen and oxygen atoms in total. The van der Waals surface area contributed by atoms with Gasteiger partial charge in [-0.05, 0) is 13.0 Å². The summed E-state index contributed by atoms with van der Waals surface area (Å²) in [6.07, 6.45) is 1.51. The van der Waals surface area contributed by atoms with Crippen molar-refractivity contribution in [2.24, 2.45) is 0 Å². The second-order valence-corrected chi connectivity index (χ2v) is 2.94. The van der Waals surface area contributed by atoms with Gasteiger partial charge in [0, 0.05) is 13.5 Å². The van der Waals surface area contributed by atoms with Gasteiger partial charge in [0.15, 0.2) is 0 Å². The first-order chi connectivity index (χ1) is 7.17. The van der Waals surface area contributed by atoms with Gasteiger partial charge < -0.3 is 10.6 Å². The van der Waals surface area contributed by atoms with Gasteiger partial charge in [0.05, 0.1) is 17.4 Å². The minimum atomic E-state index is -0.183. The zero-order valence-corrected chi connectivity index (χ0v) is 8.66. The summed E-state index contributed by atoms with van der Waals surface area (Å²) in [5, 5.41) is 14.4. The van der Waals surface area contributed by atoms with E-state index in [1.165, 1.54) is 13.1 Å². The summed E-state index contributed by atoms with van der Waals surface area (Å²) in [6, 6.07) is 3.61. The van der Waals surface area contributed by atoms with Crippen molar-refractivity contribution in [2.45, 2.75) is 13.8 Å². The van der Waals surface area contributed by atoms with E-state index in [0.717, 1.165) is 0 Å². The molecule has 0 unspecified atom stereocenters. The van der Waals surface area contributed by atoms with Crippen LogP contribution in [0.3, 0.4) is 0 Å². The number of aromatic nitrogens is 1. The molecule has 1 rings (SSSR count). The number of amides is 1. The second kappa shape index (κ2) is 4.96. The number of nitrogens with one attached hydrogen (secondary N) is 2. The van der Waals surface area contributed by atoms with E-state index < -0.39 is 0 Å². The van der Waals surface area contributed by atoms with E-state index in [1.54, 1.807) is 6.07 Å². The molecule has 0 spiro atoms. The number of pyridine rings is 1. The molecule has 0 radical (unpaired) electrons. The maximum Gasteiger partial charge on any atom is 0.221 e. The lowest BCUT2D eigenvalue weighted by Crippen LogP contribution is -2.08. The molecule has 1 heterocycles. The lowest BCUT2D eigenvalue weighted by molar-refractivity contribution is -0.114. The molecule has 0 aliphatic rings. The van der Waals surface area contributed by atoms with Crippen LogP contribution in [0.5, 0.6) is 0 Å². The first kappa shape index (κ1) is 11.0. The fraction of sp³-hybridized carbons (Fsp3) is 0.300. The SMILES string of the molecule is CCNc1ncc(NC(C)=O)cc1C#N. The largest absolute Gasteiger partial charge is 0.369 e. The van der Waals surface area contributed by atoms with Crippen LogP contribution in [0.4, 0.5) is 11.5 Å². The molecule has 0 saturated heterocycles. The molecule has 2 N–H and O–H groups in total. The molecular formula is C10H12N4O. The van der Waals surface area contributed by atoms with Crippen molar-refractivity contribution in [3.8, 4) is 6.07 Å². The Hall–Kier alpha value is -2.09. The van der Waals surface area contributed by atoms with E-state index >= 15 is 0 Å². The van der Waals surface area contributed by atoms with Crippen molar-refractivity contribution in [1.29, 1.82) is 5.26 Å². The van der Waals surface area contributed by atoms with Crippen molar-refractivity contribution in [3.05, 3.63) is 17.8 Å². The van der Waals surface area contributed by atoms with Crippen LogP contribution in [-0.2, 0) is 4.79 Å². The van der Waals surface area contributed by atoms with E-state index in [0.29, 0.717) is 23.6 Å². The molecule has 0 aromatic carbocycles. The highest BCUT2D eigenvalue weighted by molar-refractivity contribution is 5.88. The van der Waals surface area contributed by atoms with Crippen molar-refractivity contribution >= 4 is 17.4 Å². The molecule has 1 aromatic heterocycles. The number of carbonyl (C=O) groups is 1. The normalized spacial score (nSPS) is 9.13. The lowest BCUT2D eigenvalue weighted by Gasteiger charge is -2.06. The Balaban J connectivity index is 2.98. The molecule has 0 aliphatic carbocycles. The summed E-state index contributed by atoms with van der Waals surface area (Å²) < 4.78 is 0. The summed E-state index contributed by atoms with van der Waals surface area (Å²) in [5.74, 6) is 0.353. The summed E-state index contributed by atoms with van der Waals surface area (Å²) >= 11 is 0. The molecule has 0 saturated carbocycles. The summed E-state index contributed by atoms with van der Waals surface area (Å²) in [4.78, 5) is 14.8. The number of rotatable bonds is 3. The third kappa shape index (κ3) is 2.95. The third-order valence-electron chi connectivity index (χ3n) is 1.67. The van der Waals surface area contributed by atoms with E-state index in [9.17, 15) is 4.79 Å². The van der Waals surface area contributed by atoms with Gasteiger partial charge in [0.25, 0.3) is 0 Å². The summed E-state index contributed by atoms with van der Waals surface area (Å²) in [7, 11) is 0. The first-order valence-corrected chi connectivity index (χ1v) is 4.59. The van der Waals surface area contributed by atoms with Crippen LogP contribution >= 0.6 is 0 Å².